The first kappa shape index (κ1) is 17.4. The summed E-state index contributed by atoms with van der Waals surface area (Å²) in [4.78, 5) is 0. The van der Waals surface area contributed by atoms with Crippen LogP contribution in [0, 0.1) is 17.8 Å². The Bertz CT molecular complexity index is 954. The van der Waals surface area contributed by atoms with Crippen LogP contribution in [-0.4, -0.2) is 32.5 Å². The number of rotatable bonds is 2. The maximum atomic E-state index is 12.0. The zero-order chi connectivity index (χ0) is 19.5. The summed E-state index contributed by atoms with van der Waals surface area (Å²) < 4.78 is 0. The Balaban J connectivity index is 1.76. The summed E-state index contributed by atoms with van der Waals surface area (Å²) in [5.41, 5.74) is 1.82. The second-order valence-corrected chi connectivity index (χ2v) is 8.63. The topological polar surface area (TPSA) is 85.4 Å². The molecule has 3 N–H and O–H groups in total. The van der Waals surface area contributed by atoms with Gasteiger partial charge in [0.1, 0.15) is 0 Å². The minimum atomic E-state index is -1.09. The third kappa shape index (κ3) is 2.00. The monoisotopic (exact) mass is 376 g/mol. The van der Waals surface area contributed by atoms with E-state index in [0.29, 0.717) is 24.3 Å². The number of hydrogen-bond acceptors (Lipinski definition) is 5. The Morgan fingerprint density at radius 2 is 1.46 bits per heavy atom. The molecular weight excluding hydrogens is 352 g/mol. The van der Waals surface area contributed by atoms with E-state index in [0.717, 1.165) is 11.1 Å². The number of benzene rings is 2. The molecule has 0 radical (unpaired) electrons. The van der Waals surface area contributed by atoms with Crippen molar-refractivity contribution >= 4 is 11.4 Å². The van der Waals surface area contributed by atoms with Gasteiger partial charge >= 0.3 is 0 Å². The van der Waals surface area contributed by atoms with Gasteiger partial charge in [-0.25, -0.2) is 0 Å². The average molecular weight is 376 g/mol. The van der Waals surface area contributed by atoms with E-state index < -0.39 is 11.0 Å². The second-order valence-electron chi connectivity index (χ2n) is 8.63. The Morgan fingerprint density at radius 3 is 2.07 bits per heavy atom. The van der Waals surface area contributed by atoms with Gasteiger partial charge in [0.2, 0.25) is 0 Å². The minimum Gasteiger partial charge on any atom is -0.411 e. The van der Waals surface area contributed by atoms with Crippen LogP contribution in [-0.2, 0) is 5.41 Å². The molecule has 0 amide bonds. The summed E-state index contributed by atoms with van der Waals surface area (Å²) in [5, 5.41) is 39.1. The predicted octanol–water partition coefficient (Wildman–Crippen LogP) is 3.79. The first-order valence-corrected chi connectivity index (χ1v) is 9.81. The highest BCUT2D eigenvalue weighted by Gasteiger charge is 2.71. The van der Waals surface area contributed by atoms with Crippen molar-refractivity contribution in [1.82, 2.24) is 0 Å². The summed E-state index contributed by atoms with van der Waals surface area (Å²) in [5.74, 6) is -0.703. The van der Waals surface area contributed by atoms with Crippen LogP contribution < -0.4 is 0 Å². The van der Waals surface area contributed by atoms with Gasteiger partial charge in [0.15, 0.2) is 0 Å². The second kappa shape index (κ2) is 5.92. The fraction of sp³-hybridized carbons (Fsp3) is 0.391. The highest BCUT2D eigenvalue weighted by atomic mass is 16.4. The van der Waals surface area contributed by atoms with Crippen molar-refractivity contribution in [2.45, 2.75) is 36.7 Å². The molecule has 28 heavy (non-hydrogen) atoms. The van der Waals surface area contributed by atoms with Crippen molar-refractivity contribution in [3.8, 4) is 0 Å². The molecule has 4 fully saturated rings. The Kier molecular flexibility index (Phi) is 3.68. The molecule has 6 atom stereocenters. The molecule has 4 aliphatic rings. The molecule has 5 nitrogen and oxygen atoms in total. The molecule has 2 aromatic carbocycles. The van der Waals surface area contributed by atoms with Gasteiger partial charge in [-0.15, -0.1) is 0 Å². The first-order valence-electron chi connectivity index (χ1n) is 9.81. The van der Waals surface area contributed by atoms with Crippen LogP contribution in [0.3, 0.4) is 0 Å². The number of aliphatic hydroxyl groups is 1. The van der Waals surface area contributed by atoms with Crippen LogP contribution in [0.25, 0.3) is 0 Å². The highest BCUT2D eigenvalue weighted by molar-refractivity contribution is 6.14. The van der Waals surface area contributed by atoms with Crippen LogP contribution >= 0.6 is 0 Å². The third-order valence-electron chi connectivity index (χ3n) is 7.64. The molecule has 2 aromatic rings. The Hall–Kier alpha value is -2.66. The van der Waals surface area contributed by atoms with Crippen LogP contribution in [0.4, 0.5) is 0 Å². The van der Waals surface area contributed by atoms with Gasteiger partial charge in [-0.05, 0) is 30.9 Å². The van der Waals surface area contributed by atoms with Crippen molar-refractivity contribution < 1.29 is 15.5 Å². The van der Waals surface area contributed by atoms with Crippen LogP contribution in [0.15, 0.2) is 71.0 Å². The largest absolute Gasteiger partial charge is 0.411 e. The maximum Gasteiger partial charge on any atom is 0.0804 e. The lowest BCUT2D eigenvalue weighted by atomic mass is 9.37. The molecule has 4 saturated carbocycles. The van der Waals surface area contributed by atoms with Gasteiger partial charge < -0.3 is 15.5 Å². The molecular formula is C23H24N2O3. The SMILES string of the molecule is CC1(O)C2/C(=N/O)C3CC1(c1ccccc1)CC(/C3=N/O)C2c1ccccc1. The van der Waals surface area contributed by atoms with E-state index in [1.54, 1.807) is 0 Å². The minimum absolute atomic E-state index is 0.0120. The van der Waals surface area contributed by atoms with E-state index in [1.165, 1.54) is 0 Å². The van der Waals surface area contributed by atoms with Crippen molar-refractivity contribution in [2.75, 3.05) is 0 Å². The maximum absolute atomic E-state index is 12.0. The van der Waals surface area contributed by atoms with Crippen LogP contribution in [0.2, 0.25) is 0 Å². The Labute approximate surface area is 164 Å². The zero-order valence-corrected chi connectivity index (χ0v) is 15.7. The number of nitrogens with zero attached hydrogens (tertiary/aromatic N) is 2. The van der Waals surface area contributed by atoms with Gasteiger partial charge in [0.25, 0.3) is 0 Å². The molecule has 4 aliphatic carbocycles. The summed E-state index contributed by atoms with van der Waals surface area (Å²) in [6.45, 7) is 1.89. The van der Waals surface area contributed by atoms with Crippen LogP contribution in [0.1, 0.15) is 36.8 Å². The molecule has 0 aliphatic heterocycles. The van der Waals surface area contributed by atoms with Gasteiger partial charge in [-0.3, -0.25) is 0 Å². The molecule has 0 aromatic heterocycles. The lowest BCUT2D eigenvalue weighted by molar-refractivity contribution is -0.121. The summed E-state index contributed by atoms with van der Waals surface area (Å²) in [6, 6.07) is 20.1. The van der Waals surface area contributed by atoms with Crippen molar-refractivity contribution in [1.29, 1.82) is 0 Å². The fourth-order valence-corrected chi connectivity index (χ4v) is 6.48. The van der Waals surface area contributed by atoms with E-state index in [1.807, 2.05) is 55.5 Å². The molecule has 6 rings (SSSR count). The smallest absolute Gasteiger partial charge is 0.0804 e. The fourth-order valence-electron chi connectivity index (χ4n) is 6.48. The predicted molar refractivity (Wildman–Crippen MR) is 106 cm³/mol. The molecule has 6 unspecified atom stereocenters. The molecule has 0 saturated heterocycles. The lowest BCUT2D eigenvalue weighted by Crippen LogP contribution is -2.73. The summed E-state index contributed by atoms with van der Waals surface area (Å²) >= 11 is 0. The normalized spacial score (nSPS) is 41.6. The van der Waals surface area contributed by atoms with Crippen molar-refractivity contribution in [3.05, 3.63) is 71.8 Å². The summed E-state index contributed by atoms with van der Waals surface area (Å²) in [7, 11) is 0. The molecule has 4 bridgehead atoms. The number of hydrogen-bond donors (Lipinski definition) is 3. The van der Waals surface area contributed by atoms with Crippen molar-refractivity contribution in [2.24, 2.45) is 28.1 Å². The third-order valence-corrected chi connectivity index (χ3v) is 7.64. The molecule has 0 spiro atoms. The van der Waals surface area contributed by atoms with E-state index >= 15 is 0 Å². The molecule has 5 heteroatoms. The lowest BCUT2D eigenvalue weighted by Gasteiger charge is -2.67. The van der Waals surface area contributed by atoms with Gasteiger partial charge in [-0.1, -0.05) is 71.0 Å². The first-order chi connectivity index (χ1) is 13.5. The van der Waals surface area contributed by atoms with E-state index in [-0.39, 0.29) is 23.7 Å². The van der Waals surface area contributed by atoms with Gasteiger partial charge in [0.05, 0.1) is 17.0 Å². The number of oxime groups is 2. The molecule has 0 heterocycles. The average Bonchev–Trinajstić information content (AvgIpc) is 2.72. The Morgan fingerprint density at radius 1 is 0.857 bits per heavy atom. The van der Waals surface area contributed by atoms with Crippen LogP contribution in [0.5, 0.6) is 0 Å². The highest BCUT2D eigenvalue weighted by Crippen LogP contribution is 2.67. The van der Waals surface area contributed by atoms with E-state index in [4.69, 9.17) is 0 Å². The summed E-state index contributed by atoms with van der Waals surface area (Å²) in [6.07, 6.45) is 1.28. The zero-order valence-electron chi connectivity index (χ0n) is 15.7. The standard InChI is InChI=1S/C23H24N2O3/c1-22(26)19-18(14-8-4-2-5-9-14)16-12-23(22,15-10-6-3-7-11-15)13-17(20(16)24-27)21(19)25-28/h2-11,16-19,26-28H,12-13H2,1H3/b24-20-,25-21+. The van der Waals surface area contributed by atoms with Crippen molar-refractivity contribution in [3.63, 3.8) is 0 Å². The quantitative estimate of drug-likeness (QED) is 0.551. The van der Waals surface area contributed by atoms with Gasteiger partial charge in [0, 0.05) is 29.1 Å². The van der Waals surface area contributed by atoms with Gasteiger partial charge in [-0.2, -0.15) is 0 Å². The van der Waals surface area contributed by atoms with E-state index in [9.17, 15) is 15.5 Å². The van der Waals surface area contributed by atoms with E-state index in [2.05, 4.69) is 22.4 Å². The molecule has 144 valence electrons.